The van der Waals surface area contributed by atoms with Crippen LogP contribution in [0.25, 0.3) is 0 Å². The van der Waals surface area contributed by atoms with Gasteiger partial charge < -0.3 is 30.1 Å². The van der Waals surface area contributed by atoms with Crippen LogP contribution in [0.2, 0.25) is 0 Å². The van der Waals surface area contributed by atoms with Gasteiger partial charge in [0, 0.05) is 23.3 Å². The van der Waals surface area contributed by atoms with Crippen molar-refractivity contribution in [1.82, 2.24) is 10.2 Å². The van der Waals surface area contributed by atoms with E-state index in [0.717, 1.165) is 25.8 Å². The van der Waals surface area contributed by atoms with E-state index in [1.165, 1.54) is 11.8 Å². The summed E-state index contributed by atoms with van der Waals surface area (Å²) in [6.45, 7) is 6.17. The Morgan fingerprint density at radius 2 is 2.00 bits per heavy atom. The molecule has 9 atom stereocenters. The fourth-order valence-corrected chi connectivity index (χ4v) is 6.51. The van der Waals surface area contributed by atoms with E-state index in [1.54, 1.807) is 18.0 Å². The van der Waals surface area contributed by atoms with E-state index < -0.39 is 35.9 Å². The number of ether oxygens (including phenoxy) is 2. The summed E-state index contributed by atoms with van der Waals surface area (Å²) in [7, 11) is 1.97. The molecule has 2 saturated heterocycles. The van der Waals surface area contributed by atoms with Gasteiger partial charge in [-0.25, -0.2) is 0 Å². The van der Waals surface area contributed by atoms with Gasteiger partial charge in [-0.3, -0.25) is 9.69 Å². The summed E-state index contributed by atoms with van der Waals surface area (Å²) >= 11 is 7.03. The van der Waals surface area contributed by atoms with Crippen molar-refractivity contribution in [2.45, 2.75) is 80.3 Å². The molecule has 2 aliphatic rings. The van der Waals surface area contributed by atoms with Crippen molar-refractivity contribution in [1.29, 1.82) is 0 Å². The number of hydrogen-bond donors (Lipinski definition) is 5. The smallest absolute Gasteiger partial charge is 0.237 e. The van der Waals surface area contributed by atoms with Crippen LogP contribution in [-0.2, 0) is 14.3 Å². The topological polar surface area (TPSA) is 111 Å². The SMILES string of the molecule is CCC[C@@H]1C[C@@H](C(=O)NC([C@H]2O[C@H](SC)[C@H](O)[C@@H](O)[C@H]2O)[C@@H](C)SCCOCCS)N(C)C1. The summed E-state index contributed by atoms with van der Waals surface area (Å²) in [4.78, 5) is 15.4. The van der Waals surface area contributed by atoms with E-state index in [0.29, 0.717) is 30.6 Å². The Bertz CT molecular complexity index is 590. The summed E-state index contributed by atoms with van der Waals surface area (Å²) in [5.74, 6) is 1.78. The first-order valence-corrected chi connectivity index (χ1v) is 14.7. The highest BCUT2D eigenvalue weighted by Gasteiger charge is 2.48. The Morgan fingerprint density at radius 3 is 2.64 bits per heavy atom. The summed E-state index contributed by atoms with van der Waals surface area (Å²) in [5, 5.41) is 34.5. The minimum Gasteiger partial charge on any atom is -0.388 e. The second-order valence-electron chi connectivity index (χ2n) is 8.97. The zero-order valence-electron chi connectivity index (χ0n) is 20.1. The fourth-order valence-electron chi connectivity index (χ4n) is 4.68. The maximum atomic E-state index is 13.3. The average Bonchev–Trinajstić information content (AvgIpc) is 3.16. The number of nitrogens with zero attached hydrogens (tertiary/aromatic N) is 1. The van der Waals surface area contributed by atoms with Gasteiger partial charge in [-0.05, 0) is 32.1 Å². The van der Waals surface area contributed by atoms with E-state index in [2.05, 4.69) is 29.8 Å². The van der Waals surface area contributed by atoms with E-state index in [1.807, 2.05) is 14.0 Å². The number of likely N-dealkylation sites (N-methyl/N-ethyl adjacent to an activating group) is 1. The molecule has 0 radical (unpaired) electrons. The number of likely N-dealkylation sites (tertiary alicyclic amines) is 1. The predicted molar refractivity (Wildman–Crippen MR) is 138 cm³/mol. The molecule has 194 valence electrons. The maximum absolute atomic E-state index is 13.3. The molecule has 0 aromatic rings. The van der Waals surface area contributed by atoms with Gasteiger partial charge in [0.1, 0.15) is 29.9 Å². The molecule has 1 amide bonds. The van der Waals surface area contributed by atoms with Gasteiger partial charge in [0.25, 0.3) is 0 Å². The number of carbonyl (C=O) groups is 1. The lowest BCUT2D eigenvalue weighted by atomic mass is 9.92. The summed E-state index contributed by atoms with van der Waals surface area (Å²) in [6, 6.07) is -0.773. The molecule has 8 nitrogen and oxygen atoms in total. The number of rotatable bonds is 13. The molecule has 2 rings (SSSR count). The molecular formula is C22H42N2O6S3. The first-order valence-electron chi connectivity index (χ1n) is 11.8. The first kappa shape index (κ1) is 29.5. The van der Waals surface area contributed by atoms with Crippen LogP contribution >= 0.6 is 36.2 Å². The van der Waals surface area contributed by atoms with E-state index in [9.17, 15) is 20.1 Å². The van der Waals surface area contributed by atoms with E-state index in [-0.39, 0.29) is 17.2 Å². The number of carbonyl (C=O) groups excluding carboxylic acids is 1. The zero-order valence-corrected chi connectivity index (χ0v) is 22.7. The van der Waals surface area contributed by atoms with Crippen molar-refractivity contribution in [2.24, 2.45) is 5.92 Å². The Morgan fingerprint density at radius 1 is 1.27 bits per heavy atom. The van der Waals surface area contributed by atoms with E-state index >= 15 is 0 Å². The van der Waals surface area contributed by atoms with Crippen molar-refractivity contribution in [3.05, 3.63) is 0 Å². The summed E-state index contributed by atoms with van der Waals surface area (Å²) in [5.41, 5.74) is -0.688. The van der Waals surface area contributed by atoms with Crippen molar-refractivity contribution in [3.63, 3.8) is 0 Å². The van der Waals surface area contributed by atoms with Gasteiger partial charge in [-0.15, -0.1) is 11.8 Å². The molecule has 0 aromatic carbocycles. The van der Waals surface area contributed by atoms with E-state index in [4.69, 9.17) is 9.47 Å². The first-order chi connectivity index (χ1) is 15.7. The number of hydrogen-bond acceptors (Lipinski definition) is 10. The molecule has 2 fully saturated rings. The van der Waals surface area contributed by atoms with Gasteiger partial charge in [0.05, 0.1) is 25.3 Å². The normalized spacial score (nSPS) is 34.8. The monoisotopic (exact) mass is 526 g/mol. The third kappa shape index (κ3) is 8.15. The van der Waals surface area contributed by atoms with Crippen molar-refractivity contribution in [2.75, 3.05) is 44.6 Å². The highest BCUT2D eigenvalue weighted by Crippen LogP contribution is 2.32. The quantitative estimate of drug-likeness (QED) is 0.176. The Kier molecular flexibility index (Phi) is 13.2. The third-order valence-electron chi connectivity index (χ3n) is 6.49. The number of aliphatic hydroxyl groups is 3. The van der Waals surface area contributed by atoms with Gasteiger partial charge >= 0.3 is 0 Å². The average molecular weight is 527 g/mol. The molecule has 0 spiro atoms. The van der Waals surface area contributed by atoms with Crippen LogP contribution in [0, 0.1) is 5.92 Å². The molecule has 1 unspecified atom stereocenters. The Hall–Kier alpha value is 0.280. The molecule has 33 heavy (non-hydrogen) atoms. The molecule has 4 N–H and O–H groups in total. The van der Waals surface area contributed by atoms with Crippen LogP contribution in [-0.4, -0.2) is 118 Å². The second-order valence-corrected chi connectivity index (χ2v) is 11.8. The molecule has 2 heterocycles. The van der Waals surface area contributed by atoms with Gasteiger partial charge in [-0.2, -0.15) is 24.4 Å². The van der Waals surface area contributed by atoms with Crippen molar-refractivity contribution < 1.29 is 29.6 Å². The van der Waals surface area contributed by atoms with Crippen LogP contribution in [0.5, 0.6) is 0 Å². The molecule has 11 heteroatoms. The molecular weight excluding hydrogens is 484 g/mol. The van der Waals surface area contributed by atoms with Gasteiger partial charge in [0.2, 0.25) is 5.91 Å². The summed E-state index contributed by atoms with van der Waals surface area (Å²) in [6.07, 6.45) is 0.0777. The lowest BCUT2D eigenvalue weighted by molar-refractivity contribution is -0.205. The number of thiol groups is 1. The largest absolute Gasteiger partial charge is 0.388 e. The Balaban J connectivity index is 2.13. The predicted octanol–water partition coefficient (Wildman–Crippen LogP) is 0.830. The zero-order chi connectivity index (χ0) is 24.5. The number of amides is 1. The molecule has 0 saturated carbocycles. The van der Waals surface area contributed by atoms with Crippen LogP contribution in [0.3, 0.4) is 0 Å². The summed E-state index contributed by atoms with van der Waals surface area (Å²) < 4.78 is 11.5. The van der Waals surface area contributed by atoms with Gasteiger partial charge in [-0.1, -0.05) is 20.3 Å². The lowest BCUT2D eigenvalue weighted by Crippen LogP contribution is -2.65. The van der Waals surface area contributed by atoms with Crippen LogP contribution in [0.1, 0.15) is 33.1 Å². The van der Waals surface area contributed by atoms with Gasteiger partial charge in [0.15, 0.2) is 0 Å². The minimum absolute atomic E-state index is 0.0861. The van der Waals surface area contributed by atoms with Crippen molar-refractivity contribution in [3.8, 4) is 0 Å². The highest BCUT2D eigenvalue weighted by atomic mass is 32.2. The molecule has 0 aromatic heterocycles. The van der Waals surface area contributed by atoms with Crippen LogP contribution in [0.4, 0.5) is 0 Å². The number of aliphatic hydroxyl groups excluding tert-OH is 3. The maximum Gasteiger partial charge on any atom is 0.237 e. The minimum atomic E-state index is -1.35. The number of thioether (sulfide) groups is 2. The lowest BCUT2D eigenvalue weighted by Gasteiger charge is -2.44. The Labute approximate surface area is 212 Å². The molecule has 0 aliphatic carbocycles. The number of nitrogens with one attached hydrogen (secondary N) is 1. The third-order valence-corrected chi connectivity index (χ3v) is 8.74. The molecule has 0 bridgehead atoms. The van der Waals surface area contributed by atoms with Crippen LogP contribution < -0.4 is 5.32 Å². The van der Waals surface area contributed by atoms with Crippen LogP contribution in [0.15, 0.2) is 0 Å². The highest BCUT2D eigenvalue weighted by molar-refractivity contribution is 8.00. The fraction of sp³-hybridized carbons (Fsp3) is 0.955. The van der Waals surface area contributed by atoms with Crippen molar-refractivity contribution >= 4 is 42.1 Å². The second kappa shape index (κ2) is 14.7. The standard InChI is InChI=1S/C22H42N2O6S3/c1-5-6-14-11-15(24(3)12-14)21(28)23-16(13(2)33-10-8-29-7-9-31)20-18(26)17(25)19(27)22(30-20)32-4/h13-20,22,25-27,31H,5-12H2,1-4H3,(H,23,28)/t13-,14-,15+,16?,17+,18-,19-,20-,22-/m1/s1. The molecule has 2 aliphatic heterocycles.